The quantitative estimate of drug-likeness (QED) is 0.922. The van der Waals surface area contributed by atoms with Crippen molar-refractivity contribution in [1.82, 2.24) is 8.75 Å². The van der Waals surface area contributed by atoms with Crippen LogP contribution in [0.15, 0.2) is 12.1 Å². The summed E-state index contributed by atoms with van der Waals surface area (Å²) in [5.41, 5.74) is 3.03. The first kappa shape index (κ1) is 12.5. The molecule has 2 aromatic rings. The number of benzene rings is 1. The molecule has 0 aliphatic rings. The van der Waals surface area contributed by atoms with Crippen LogP contribution in [-0.2, 0) is 0 Å². The number of nitrogens with zero attached hydrogens (tertiary/aromatic N) is 2. The van der Waals surface area contributed by atoms with Crippen molar-refractivity contribution in [3.63, 3.8) is 0 Å². The zero-order valence-electron chi connectivity index (χ0n) is 10.2. The van der Waals surface area contributed by atoms with Crippen molar-refractivity contribution in [1.29, 1.82) is 0 Å². The third-order valence-electron chi connectivity index (χ3n) is 2.69. The number of methoxy groups -OCH3 is 1. The molecule has 5 nitrogen and oxygen atoms in total. The molecule has 0 unspecified atom stereocenters. The van der Waals surface area contributed by atoms with E-state index in [0.29, 0.717) is 5.69 Å². The molecule has 0 amide bonds. The van der Waals surface area contributed by atoms with E-state index < -0.39 is 5.97 Å². The monoisotopic (exact) mass is 264 g/mol. The summed E-state index contributed by atoms with van der Waals surface area (Å²) in [5, 5.41) is 9.06. The summed E-state index contributed by atoms with van der Waals surface area (Å²) in [4.78, 5) is 11.1. The van der Waals surface area contributed by atoms with Gasteiger partial charge in [-0.15, -0.1) is 0 Å². The second-order valence-electron chi connectivity index (χ2n) is 3.90. The number of hydrogen-bond donors (Lipinski definition) is 1. The van der Waals surface area contributed by atoms with Gasteiger partial charge in [-0.1, -0.05) is 0 Å². The van der Waals surface area contributed by atoms with E-state index in [2.05, 4.69) is 8.75 Å². The van der Waals surface area contributed by atoms with Gasteiger partial charge in [0.15, 0.2) is 5.69 Å². The van der Waals surface area contributed by atoms with Crippen molar-refractivity contribution in [2.75, 3.05) is 7.11 Å². The Balaban J connectivity index is 2.61. The molecule has 1 aromatic heterocycles. The molecule has 0 saturated heterocycles. The van der Waals surface area contributed by atoms with Crippen LogP contribution in [0.5, 0.6) is 5.75 Å². The predicted molar refractivity (Wildman–Crippen MR) is 68.3 cm³/mol. The Morgan fingerprint density at radius 2 is 2.00 bits per heavy atom. The van der Waals surface area contributed by atoms with Crippen molar-refractivity contribution in [2.45, 2.75) is 13.8 Å². The molecule has 0 aliphatic heterocycles. The zero-order chi connectivity index (χ0) is 13.3. The summed E-state index contributed by atoms with van der Waals surface area (Å²) >= 11 is 0.902. The minimum Gasteiger partial charge on any atom is -0.496 e. The molecule has 94 valence electrons. The highest BCUT2D eigenvalue weighted by Crippen LogP contribution is 2.31. The van der Waals surface area contributed by atoms with Gasteiger partial charge in [-0.25, -0.2) is 4.79 Å². The summed E-state index contributed by atoms with van der Waals surface area (Å²) in [6.07, 6.45) is 0. The largest absolute Gasteiger partial charge is 0.496 e. The van der Waals surface area contributed by atoms with Crippen molar-refractivity contribution >= 4 is 17.7 Å². The van der Waals surface area contributed by atoms with Gasteiger partial charge in [0, 0.05) is 5.56 Å². The number of ether oxygens (including phenoxy) is 1. The highest BCUT2D eigenvalue weighted by molar-refractivity contribution is 6.99. The maximum atomic E-state index is 11.1. The highest BCUT2D eigenvalue weighted by atomic mass is 32.1. The van der Waals surface area contributed by atoms with Gasteiger partial charge in [0.2, 0.25) is 0 Å². The lowest BCUT2D eigenvalue weighted by molar-refractivity contribution is 0.0692. The number of carboxylic acid groups (broad SMARTS) is 1. The van der Waals surface area contributed by atoms with Crippen molar-refractivity contribution in [3.8, 4) is 17.0 Å². The smallest absolute Gasteiger partial charge is 0.357 e. The van der Waals surface area contributed by atoms with E-state index >= 15 is 0 Å². The average molecular weight is 264 g/mol. The van der Waals surface area contributed by atoms with Crippen LogP contribution in [0.2, 0.25) is 0 Å². The van der Waals surface area contributed by atoms with E-state index in [1.54, 1.807) is 7.11 Å². The summed E-state index contributed by atoms with van der Waals surface area (Å²) in [6, 6.07) is 3.74. The molecule has 0 fully saturated rings. The maximum Gasteiger partial charge on any atom is 0.357 e. The first-order valence-electron chi connectivity index (χ1n) is 5.26. The zero-order valence-corrected chi connectivity index (χ0v) is 11.0. The Bertz CT molecular complexity index is 607. The van der Waals surface area contributed by atoms with E-state index in [0.717, 1.165) is 34.2 Å². The predicted octanol–water partition coefficient (Wildman–Crippen LogP) is 2.53. The molecular formula is C12H12N2O3S. The molecule has 1 aromatic carbocycles. The lowest BCUT2D eigenvalue weighted by Crippen LogP contribution is -2.00. The number of aromatic carboxylic acids is 1. The van der Waals surface area contributed by atoms with E-state index in [9.17, 15) is 4.79 Å². The number of aryl methyl sites for hydroxylation is 2. The Labute approximate surface area is 108 Å². The molecule has 2 rings (SSSR count). The number of carbonyl (C=O) groups is 1. The van der Waals surface area contributed by atoms with Gasteiger partial charge < -0.3 is 9.84 Å². The Kier molecular flexibility index (Phi) is 3.29. The molecule has 6 heteroatoms. The van der Waals surface area contributed by atoms with Crippen molar-refractivity contribution in [3.05, 3.63) is 29.0 Å². The highest BCUT2D eigenvalue weighted by Gasteiger charge is 2.19. The molecule has 0 spiro atoms. The number of carboxylic acids is 1. The van der Waals surface area contributed by atoms with Gasteiger partial charge in [0.1, 0.15) is 11.4 Å². The molecule has 0 radical (unpaired) electrons. The minimum absolute atomic E-state index is 0.00679. The molecule has 0 aliphatic carbocycles. The standard InChI is InChI=1S/C12H12N2O3S/c1-6-5-9(17-3)7(2)4-8(6)10-11(12(15)16)14-18-13-10/h4-5H,1-3H3,(H,15,16). The molecule has 1 N–H and O–H groups in total. The third kappa shape index (κ3) is 2.06. The van der Waals surface area contributed by atoms with Gasteiger partial charge >= 0.3 is 5.97 Å². The second-order valence-corrected chi connectivity index (χ2v) is 4.43. The van der Waals surface area contributed by atoms with Crippen LogP contribution in [0.4, 0.5) is 0 Å². The van der Waals surface area contributed by atoms with Gasteiger partial charge in [-0.05, 0) is 37.1 Å². The molecular weight excluding hydrogens is 252 g/mol. The fourth-order valence-electron chi connectivity index (χ4n) is 1.77. The normalized spacial score (nSPS) is 10.4. The van der Waals surface area contributed by atoms with Crippen LogP contribution in [0.1, 0.15) is 21.6 Å². The minimum atomic E-state index is -1.06. The van der Waals surface area contributed by atoms with Gasteiger partial charge in [-0.2, -0.15) is 8.75 Å². The van der Waals surface area contributed by atoms with E-state index in [-0.39, 0.29) is 5.69 Å². The average Bonchev–Trinajstić information content (AvgIpc) is 2.80. The van der Waals surface area contributed by atoms with Crippen molar-refractivity contribution in [2.24, 2.45) is 0 Å². The van der Waals surface area contributed by atoms with Gasteiger partial charge in [0.05, 0.1) is 18.8 Å². The lowest BCUT2D eigenvalue weighted by atomic mass is 10.0. The number of rotatable bonds is 3. The lowest BCUT2D eigenvalue weighted by Gasteiger charge is -2.09. The number of aromatic nitrogens is 2. The van der Waals surface area contributed by atoms with Crippen molar-refractivity contribution < 1.29 is 14.6 Å². The van der Waals surface area contributed by atoms with Crippen LogP contribution >= 0.6 is 11.7 Å². The van der Waals surface area contributed by atoms with Crippen LogP contribution in [-0.4, -0.2) is 26.9 Å². The fourth-order valence-corrected chi connectivity index (χ4v) is 2.32. The van der Waals surface area contributed by atoms with Crippen LogP contribution < -0.4 is 4.74 Å². The van der Waals surface area contributed by atoms with E-state index in [4.69, 9.17) is 9.84 Å². The number of hydrogen-bond acceptors (Lipinski definition) is 5. The van der Waals surface area contributed by atoms with Crippen LogP contribution in [0, 0.1) is 13.8 Å². The van der Waals surface area contributed by atoms with E-state index in [1.165, 1.54) is 0 Å². The Morgan fingerprint density at radius 3 is 2.61 bits per heavy atom. The Morgan fingerprint density at radius 1 is 1.28 bits per heavy atom. The topological polar surface area (TPSA) is 72.3 Å². The van der Waals surface area contributed by atoms with E-state index in [1.807, 2.05) is 26.0 Å². The molecule has 0 saturated carbocycles. The summed E-state index contributed by atoms with van der Waals surface area (Å²) in [7, 11) is 1.61. The Hall–Kier alpha value is -1.95. The first-order valence-corrected chi connectivity index (χ1v) is 5.99. The second kappa shape index (κ2) is 4.73. The molecule has 1 heterocycles. The van der Waals surface area contributed by atoms with Crippen LogP contribution in [0.3, 0.4) is 0 Å². The molecule has 0 bridgehead atoms. The SMILES string of the molecule is COc1cc(C)c(-c2nsnc2C(=O)O)cc1C. The molecule has 0 atom stereocenters. The van der Waals surface area contributed by atoms with Gasteiger partial charge in [-0.3, -0.25) is 0 Å². The first-order chi connectivity index (χ1) is 8.54. The van der Waals surface area contributed by atoms with Crippen LogP contribution in [0.25, 0.3) is 11.3 Å². The maximum absolute atomic E-state index is 11.1. The van der Waals surface area contributed by atoms with Gasteiger partial charge in [0.25, 0.3) is 0 Å². The third-order valence-corrected chi connectivity index (χ3v) is 3.22. The molecule has 18 heavy (non-hydrogen) atoms. The summed E-state index contributed by atoms with van der Waals surface area (Å²) in [5.74, 6) is -0.289. The summed E-state index contributed by atoms with van der Waals surface area (Å²) in [6.45, 7) is 3.80. The summed E-state index contributed by atoms with van der Waals surface area (Å²) < 4.78 is 13.1. The fraction of sp³-hybridized carbons (Fsp3) is 0.250.